The molecule has 2 aromatic rings. The van der Waals surface area contributed by atoms with Crippen molar-refractivity contribution in [2.45, 2.75) is 52.1 Å². The number of nitrogens with zero attached hydrogens (tertiary/aromatic N) is 3. The predicted molar refractivity (Wildman–Crippen MR) is 109 cm³/mol. The molecule has 0 bridgehead atoms. The molecule has 1 aromatic heterocycles. The number of halogens is 3. The van der Waals surface area contributed by atoms with Gasteiger partial charge in [-0.2, -0.15) is 0 Å². The Labute approximate surface area is 170 Å². The van der Waals surface area contributed by atoms with E-state index < -0.39 is 17.8 Å². The Morgan fingerprint density at radius 3 is 2.67 bits per heavy atom. The lowest BCUT2D eigenvalue weighted by Gasteiger charge is -2.16. The Morgan fingerprint density at radius 2 is 1.96 bits per heavy atom. The summed E-state index contributed by atoms with van der Waals surface area (Å²) in [5, 5.41) is 11.1. The first kappa shape index (κ1) is 23.3. The van der Waals surface area contributed by atoms with Crippen LogP contribution in [0, 0.1) is 11.7 Å². The van der Waals surface area contributed by atoms with Gasteiger partial charge in [0.05, 0.1) is 11.7 Å². The van der Waals surface area contributed by atoms with E-state index in [1.807, 2.05) is 13.8 Å². The highest BCUT2D eigenvalue weighted by molar-refractivity contribution is 5.95. The maximum atomic E-state index is 14.1. The molecule has 2 heterocycles. The molecule has 0 fully saturated rings. The number of hydrogen-bond acceptors (Lipinski definition) is 4. The minimum absolute atomic E-state index is 0. The number of carbonyl (C=O) groups excluding carboxylic acids is 1. The summed E-state index contributed by atoms with van der Waals surface area (Å²) in [6.45, 7) is 4.56. The molecule has 1 aromatic carbocycles. The minimum Gasteiger partial charge on any atom is -0.322 e. The molecule has 1 aliphatic heterocycles. The second-order valence-electron chi connectivity index (χ2n) is 6.86. The number of rotatable bonds is 4. The molecular weight excluding hydrogens is 392 g/mol. The summed E-state index contributed by atoms with van der Waals surface area (Å²) >= 11 is 0. The van der Waals surface area contributed by atoms with Gasteiger partial charge in [-0.3, -0.25) is 4.79 Å². The summed E-state index contributed by atoms with van der Waals surface area (Å²) in [4.78, 5) is 12.1. The number of anilines is 1. The van der Waals surface area contributed by atoms with Gasteiger partial charge in [-0.25, -0.2) is 4.39 Å². The second kappa shape index (κ2) is 10.0. The van der Waals surface area contributed by atoms with E-state index in [1.54, 1.807) is 12.1 Å². The van der Waals surface area contributed by atoms with Crippen LogP contribution in [0.3, 0.4) is 0 Å². The average molecular weight is 418 g/mol. The van der Waals surface area contributed by atoms with Crippen LogP contribution in [0.4, 0.5) is 10.1 Å². The number of nitrogens with two attached hydrogens (primary N) is 1. The van der Waals surface area contributed by atoms with Crippen molar-refractivity contribution in [1.29, 1.82) is 0 Å². The summed E-state index contributed by atoms with van der Waals surface area (Å²) in [6, 6.07) is 3.91. The van der Waals surface area contributed by atoms with E-state index in [9.17, 15) is 9.18 Å². The van der Waals surface area contributed by atoms with Crippen LogP contribution in [0.5, 0.6) is 0 Å². The number of benzene rings is 1. The van der Waals surface area contributed by atoms with Crippen LogP contribution in [-0.4, -0.2) is 26.7 Å². The predicted octanol–water partition coefficient (Wildman–Crippen LogP) is 3.58. The highest BCUT2D eigenvalue weighted by Gasteiger charge is 2.20. The van der Waals surface area contributed by atoms with Crippen molar-refractivity contribution < 1.29 is 9.18 Å². The third-order valence-electron chi connectivity index (χ3n) is 4.61. The van der Waals surface area contributed by atoms with Crippen LogP contribution in [0.2, 0.25) is 0 Å². The largest absolute Gasteiger partial charge is 0.322 e. The topological polar surface area (TPSA) is 85.8 Å². The molecule has 0 unspecified atom stereocenters. The Hall–Kier alpha value is -1.70. The molecule has 0 aliphatic carbocycles. The first-order valence-corrected chi connectivity index (χ1v) is 8.76. The quantitative estimate of drug-likeness (QED) is 0.795. The van der Waals surface area contributed by atoms with Gasteiger partial charge in [0.2, 0.25) is 5.91 Å². The van der Waals surface area contributed by atoms with Crippen molar-refractivity contribution in [1.82, 2.24) is 14.8 Å². The number of nitrogens with one attached hydrogen (secondary N) is 1. The highest BCUT2D eigenvalue weighted by atomic mass is 35.5. The lowest BCUT2D eigenvalue weighted by atomic mass is 10.0. The van der Waals surface area contributed by atoms with E-state index in [-0.39, 0.29) is 36.4 Å². The standard InChI is InChI=1S/C18H24FN5O.2ClH/c1-11(2)16(20)18(25)21-14-10-12(7-8-13(14)19)17-23-22-15-6-4-3-5-9-24(15)17;;/h7-8,10-11,16H,3-6,9,20H2,1-2H3,(H,21,25);2*1H/t16-;;/m0../s1. The molecule has 0 saturated carbocycles. The average Bonchev–Trinajstić information content (AvgIpc) is 2.84. The monoisotopic (exact) mass is 417 g/mol. The Morgan fingerprint density at radius 1 is 1.22 bits per heavy atom. The summed E-state index contributed by atoms with van der Waals surface area (Å²) < 4.78 is 16.2. The minimum atomic E-state index is -0.688. The van der Waals surface area contributed by atoms with Crippen LogP contribution in [-0.2, 0) is 17.8 Å². The third kappa shape index (κ3) is 5.18. The molecule has 6 nitrogen and oxygen atoms in total. The number of aromatic nitrogens is 3. The van der Waals surface area contributed by atoms with Gasteiger partial charge in [0.15, 0.2) is 5.82 Å². The van der Waals surface area contributed by atoms with Crippen molar-refractivity contribution in [2.24, 2.45) is 11.7 Å². The molecule has 150 valence electrons. The van der Waals surface area contributed by atoms with E-state index in [4.69, 9.17) is 5.73 Å². The van der Waals surface area contributed by atoms with E-state index in [1.165, 1.54) is 12.5 Å². The van der Waals surface area contributed by atoms with Gasteiger partial charge in [0, 0.05) is 18.5 Å². The maximum absolute atomic E-state index is 14.1. The first-order valence-electron chi connectivity index (χ1n) is 8.76. The lowest BCUT2D eigenvalue weighted by Crippen LogP contribution is -2.39. The summed E-state index contributed by atoms with van der Waals surface area (Å²) in [6.07, 6.45) is 4.25. The van der Waals surface area contributed by atoms with Gasteiger partial charge >= 0.3 is 0 Å². The summed E-state index contributed by atoms with van der Waals surface area (Å²) in [5.74, 6) is 0.748. The molecular formula is C18H26Cl2FN5O. The van der Waals surface area contributed by atoms with Crippen molar-refractivity contribution >= 4 is 36.4 Å². The fraction of sp³-hybridized carbons (Fsp3) is 0.500. The summed E-state index contributed by atoms with van der Waals surface area (Å²) in [7, 11) is 0. The number of fused-ring (bicyclic) bond motifs is 1. The molecule has 3 N–H and O–H groups in total. The number of aryl methyl sites for hydroxylation is 1. The highest BCUT2D eigenvalue weighted by Crippen LogP contribution is 2.26. The molecule has 9 heteroatoms. The van der Waals surface area contributed by atoms with Crippen molar-refractivity contribution in [3.63, 3.8) is 0 Å². The SMILES string of the molecule is CC(C)[C@H](N)C(=O)Nc1cc(-c2nnc3n2CCCCC3)ccc1F.Cl.Cl. The number of carbonyl (C=O) groups is 1. The third-order valence-corrected chi connectivity index (χ3v) is 4.61. The zero-order valence-electron chi connectivity index (χ0n) is 15.4. The van der Waals surface area contributed by atoms with Gasteiger partial charge in [-0.05, 0) is 37.0 Å². The molecule has 1 atom stereocenters. The second-order valence-corrected chi connectivity index (χ2v) is 6.86. The zero-order valence-corrected chi connectivity index (χ0v) is 17.1. The lowest BCUT2D eigenvalue weighted by molar-refractivity contribution is -0.118. The van der Waals surface area contributed by atoms with Crippen LogP contribution in [0.15, 0.2) is 18.2 Å². The Kier molecular flexibility index (Phi) is 8.65. The van der Waals surface area contributed by atoms with Crippen molar-refractivity contribution in [2.75, 3.05) is 5.32 Å². The van der Waals surface area contributed by atoms with Crippen LogP contribution in [0.25, 0.3) is 11.4 Å². The van der Waals surface area contributed by atoms with E-state index in [0.29, 0.717) is 5.82 Å². The van der Waals surface area contributed by atoms with Gasteiger partial charge in [-0.1, -0.05) is 20.3 Å². The molecule has 27 heavy (non-hydrogen) atoms. The molecule has 3 rings (SSSR count). The van der Waals surface area contributed by atoms with Crippen LogP contribution in [0.1, 0.15) is 38.9 Å². The Balaban J connectivity index is 0.00000182. The smallest absolute Gasteiger partial charge is 0.241 e. The van der Waals surface area contributed by atoms with Gasteiger partial charge in [0.25, 0.3) is 0 Å². The van der Waals surface area contributed by atoms with Gasteiger partial charge in [-0.15, -0.1) is 35.0 Å². The summed E-state index contributed by atoms with van der Waals surface area (Å²) in [5.41, 5.74) is 6.69. The molecule has 1 amide bonds. The fourth-order valence-corrected chi connectivity index (χ4v) is 2.98. The number of amides is 1. The normalized spacial score (nSPS) is 14.4. The van der Waals surface area contributed by atoms with Crippen molar-refractivity contribution in [3.8, 4) is 11.4 Å². The fourth-order valence-electron chi connectivity index (χ4n) is 2.98. The van der Waals surface area contributed by atoms with Gasteiger partial charge in [0.1, 0.15) is 11.6 Å². The van der Waals surface area contributed by atoms with Crippen LogP contribution < -0.4 is 11.1 Å². The van der Waals surface area contributed by atoms with E-state index in [2.05, 4.69) is 20.1 Å². The molecule has 1 aliphatic rings. The van der Waals surface area contributed by atoms with Crippen molar-refractivity contribution in [3.05, 3.63) is 29.8 Å². The maximum Gasteiger partial charge on any atom is 0.241 e. The molecule has 0 spiro atoms. The van der Waals surface area contributed by atoms with E-state index in [0.717, 1.165) is 37.2 Å². The van der Waals surface area contributed by atoms with Crippen LogP contribution >= 0.6 is 24.8 Å². The number of hydrogen-bond donors (Lipinski definition) is 2. The van der Waals surface area contributed by atoms with E-state index >= 15 is 0 Å². The molecule has 0 radical (unpaired) electrons. The van der Waals surface area contributed by atoms with Gasteiger partial charge < -0.3 is 15.6 Å². The zero-order chi connectivity index (χ0) is 18.0. The first-order chi connectivity index (χ1) is 12.0. The molecule has 0 saturated heterocycles. The Bertz CT molecular complexity index is 781.